The van der Waals surface area contributed by atoms with Gasteiger partial charge in [-0.15, -0.1) is 0 Å². The van der Waals surface area contributed by atoms with Crippen LogP contribution in [0.2, 0.25) is 0 Å². The van der Waals surface area contributed by atoms with E-state index in [9.17, 15) is 4.79 Å². The molecule has 1 N–H and O–H groups in total. The summed E-state index contributed by atoms with van der Waals surface area (Å²) in [6.07, 6.45) is 0.886. The zero-order chi connectivity index (χ0) is 18.5. The molecule has 1 saturated heterocycles. The van der Waals surface area contributed by atoms with Gasteiger partial charge in [0, 0.05) is 16.8 Å². The van der Waals surface area contributed by atoms with E-state index in [4.69, 9.17) is 9.47 Å². The van der Waals surface area contributed by atoms with Crippen molar-refractivity contribution in [3.05, 3.63) is 53.6 Å². The molecule has 2 aromatic carbocycles. The number of aldehydes is 1. The molecule has 1 atom stereocenters. The van der Waals surface area contributed by atoms with Crippen LogP contribution in [0.15, 0.2) is 42.5 Å². The Hall–Kier alpha value is -2.53. The molecular weight excluding hydrogens is 328 g/mol. The Balaban J connectivity index is 1.64. The van der Waals surface area contributed by atoms with Crippen LogP contribution in [0.4, 0.5) is 5.69 Å². The normalized spacial score (nSPS) is 16.2. The van der Waals surface area contributed by atoms with Crippen LogP contribution in [0.1, 0.15) is 28.9 Å². The summed E-state index contributed by atoms with van der Waals surface area (Å²) in [4.78, 5) is 14.8. The highest BCUT2D eigenvalue weighted by atomic mass is 16.5. The van der Waals surface area contributed by atoms with Gasteiger partial charge < -0.3 is 19.3 Å². The highest BCUT2D eigenvalue weighted by Crippen LogP contribution is 2.29. The van der Waals surface area contributed by atoms with Gasteiger partial charge in [0.2, 0.25) is 0 Å². The van der Waals surface area contributed by atoms with Gasteiger partial charge in [-0.05, 0) is 49.4 Å². The molecule has 0 amide bonds. The van der Waals surface area contributed by atoms with E-state index in [-0.39, 0.29) is 0 Å². The molecule has 0 radical (unpaired) electrons. The summed E-state index contributed by atoms with van der Waals surface area (Å²) in [5.41, 5.74) is 3.18. The van der Waals surface area contributed by atoms with Gasteiger partial charge in [0.15, 0.2) is 11.5 Å². The van der Waals surface area contributed by atoms with Gasteiger partial charge in [0.25, 0.3) is 0 Å². The predicted octanol–water partition coefficient (Wildman–Crippen LogP) is 1.98. The maximum atomic E-state index is 10.8. The topological polar surface area (TPSA) is 43.2 Å². The van der Waals surface area contributed by atoms with Crippen LogP contribution in [0.5, 0.6) is 11.5 Å². The Morgan fingerprint density at radius 1 is 1.00 bits per heavy atom. The van der Waals surface area contributed by atoms with E-state index >= 15 is 0 Å². The lowest BCUT2D eigenvalue weighted by Crippen LogP contribution is -3.14. The molecule has 1 heterocycles. The molecule has 0 saturated carbocycles. The SMILES string of the molecule is COc1ccc([C@@H](C)[NH+]2CCN(c3ccc(C=O)cc3)CC2)cc1OC. The first-order chi connectivity index (χ1) is 12.7. The van der Waals surface area contributed by atoms with E-state index in [0.717, 1.165) is 49.5 Å². The molecule has 3 rings (SSSR count). The van der Waals surface area contributed by atoms with Gasteiger partial charge in [-0.3, -0.25) is 4.79 Å². The quantitative estimate of drug-likeness (QED) is 0.805. The Morgan fingerprint density at radius 2 is 1.65 bits per heavy atom. The highest BCUT2D eigenvalue weighted by Gasteiger charge is 2.26. The van der Waals surface area contributed by atoms with E-state index in [0.29, 0.717) is 6.04 Å². The summed E-state index contributed by atoms with van der Waals surface area (Å²) in [6.45, 7) is 6.43. The van der Waals surface area contributed by atoms with Crippen molar-refractivity contribution in [2.75, 3.05) is 45.3 Å². The summed E-state index contributed by atoms with van der Waals surface area (Å²) >= 11 is 0. The summed E-state index contributed by atoms with van der Waals surface area (Å²) in [5.74, 6) is 1.55. The van der Waals surface area contributed by atoms with Gasteiger partial charge >= 0.3 is 0 Å². The minimum Gasteiger partial charge on any atom is -0.493 e. The van der Waals surface area contributed by atoms with Crippen molar-refractivity contribution in [1.29, 1.82) is 0 Å². The van der Waals surface area contributed by atoms with Crippen molar-refractivity contribution in [3.8, 4) is 11.5 Å². The number of nitrogens with one attached hydrogen (secondary N) is 1. The summed E-state index contributed by atoms with van der Waals surface area (Å²) in [6, 6.07) is 14.4. The number of methoxy groups -OCH3 is 2. The van der Waals surface area contributed by atoms with E-state index < -0.39 is 0 Å². The van der Waals surface area contributed by atoms with Crippen molar-refractivity contribution in [2.45, 2.75) is 13.0 Å². The third-order valence-electron chi connectivity index (χ3n) is 5.32. The molecule has 26 heavy (non-hydrogen) atoms. The largest absolute Gasteiger partial charge is 0.493 e. The van der Waals surface area contributed by atoms with Crippen molar-refractivity contribution < 1.29 is 19.2 Å². The fraction of sp³-hybridized carbons (Fsp3) is 0.381. The van der Waals surface area contributed by atoms with Gasteiger partial charge in [0.1, 0.15) is 12.3 Å². The molecule has 5 nitrogen and oxygen atoms in total. The van der Waals surface area contributed by atoms with Crippen LogP contribution in [0.3, 0.4) is 0 Å². The van der Waals surface area contributed by atoms with E-state index in [1.54, 1.807) is 19.1 Å². The molecule has 0 aliphatic carbocycles. The standard InChI is InChI=1S/C21H26N2O3/c1-16(18-6-9-20(25-2)21(14-18)26-3)22-10-12-23(13-11-22)19-7-4-17(15-24)5-8-19/h4-9,14-16H,10-13H2,1-3H3/p+1/t16-/m1/s1. The summed E-state index contributed by atoms with van der Waals surface area (Å²) in [7, 11) is 3.33. The average Bonchev–Trinajstić information content (AvgIpc) is 2.73. The first-order valence-electron chi connectivity index (χ1n) is 9.03. The summed E-state index contributed by atoms with van der Waals surface area (Å²) < 4.78 is 10.8. The molecule has 0 spiro atoms. The molecule has 0 aromatic heterocycles. The minimum absolute atomic E-state index is 0.398. The molecule has 0 bridgehead atoms. The number of benzene rings is 2. The Morgan fingerprint density at radius 3 is 2.23 bits per heavy atom. The molecule has 5 heteroatoms. The monoisotopic (exact) mass is 355 g/mol. The van der Waals surface area contributed by atoms with Gasteiger partial charge in [0.05, 0.1) is 40.4 Å². The van der Waals surface area contributed by atoms with E-state index in [1.807, 2.05) is 30.3 Å². The fourth-order valence-corrected chi connectivity index (χ4v) is 3.61. The predicted molar refractivity (Wildman–Crippen MR) is 103 cm³/mol. The van der Waals surface area contributed by atoms with E-state index in [1.165, 1.54) is 11.3 Å². The molecule has 1 aliphatic rings. The molecule has 138 valence electrons. The van der Waals surface area contributed by atoms with Crippen LogP contribution >= 0.6 is 0 Å². The van der Waals surface area contributed by atoms with Crippen molar-refractivity contribution in [2.24, 2.45) is 0 Å². The fourth-order valence-electron chi connectivity index (χ4n) is 3.61. The van der Waals surface area contributed by atoms with Gasteiger partial charge in [-0.2, -0.15) is 0 Å². The lowest BCUT2D eigenvalue weighted by Gasteiger charge is -2.36. The highest BCUT2D eigenvalue weighted by molar-refractivity contribution is 5.75. The zero-order valence-electron chi connectivity index (χ0n) is 15.7. The number of piperazine rings is 1. The van der Waals surface area contributed by atoms with Gasteiger partial charge in [-0.1, -0.05) is 0 Å². The Labute approximate surface area is 155 Å². The van der Waals surface area contributed by atoms with Crippen LogP contribution in [-0.4, -0.2) is 46.7 Å². The molecule has 0 unspecified atom stereocenters. The second-order valence-electron chi connectivity index (χ2n) is 6.69. The zero-order valence-corrected chi connectivity index (χ0v) is 15.7. The first-order valence-corrected chi connectivity index (χ1v) is 9.03. The number of carbonyl (C=O) groups excluding carboxylic acids is 1. The number of anilines is 1. The van der Waals surface area contributed by atoms with Gasteiger partial charge in [-0.25, -0.2) is 0 Å². The number of nitrogens with zero attached hydrogens (tertiary/aromatic N) is 1. The van der Waals surface area contributed by atoms with Crippen LogP contribution < -0.4 is 19.3 Å². The Bertz CT molecular complexity index is 737. The molecule has 1 fully saturated rings. The number of hydrogen-bond acceptors (Lipinski definition) is 4. The second kappa shape index (κ2) is 8.23. The van der Waals surface area contributed by atoms with Crippen molar-refractivity contribution in [1.82, 2.24) is 0 Å². The van der Waals surface area contributed by atoms with Crippen molar-refractivity contribution >= 4 is 12.0 Å². The second-order valence-corrected chi connectivity index (χ2v) is 6.69. The number of rotatable bonds is 6. The first kappa shape index (κ1) is 18.3. The number of quaternary nitrogens is 1. The van der Waals surface area contributed by atoms with Crippen LogP contribution in [0.25, 0.3) is 0 Å². The molecular formula is C21H27N2O3+. The molecule has 2 aromatic rings. The van der Waals surface area contributed by atoms with E-state index in [2.05, 4.69) is 24.0 Å². The lowest BCUT2D eigenvalue weighted by molar-refractivity contribution is -0.930. The Kier molecular flexibility index (Phi) is 5.78. The smallest absolute Gasteiger partial charge is 0.161 e. The maximum absolute atomic E-state index is 10.8. The third kappa shape index (κ3) is 3.83. The average molecular weight is 355 g/mol. The lowest BCUT2D eigenvalue weighted by atomic mass is 10.0. The number of carbonyl (C=O) groups is 1. The van der Waals surface area contributed by atoms with Crippen molar-refractivity contribution in [3.63, 3.8) is 0 Å². The third-order valence-corrected chi connectivity index (χ3v) is 5.32. The van der Waals surface area contributed by atoms with Crippen LogP contribution in [-0.2, 0) is 0 Å². The number of ether oxygens (including phenoxy) is 2. The molecule has 1 aliphatic heterocycles. The summed E-state index contributed by atoms with van der Waals surface area (Å²) in [5, 5.41) is 0. The minimum atomic E-state index is 0.398. The number of hydrogen-bond donors (Lipinski definition) is 1. The van der Waals surface area contributed by atoms with Crippen LogP contribution in [0, 0.1) is 0 Å². The maximum Gasteiger partial charge on any atom is 0.161 e.